The summed E-state index contributed by atoms with van der Waals surface area (Å²) in [5, 5.41) is 17.4. The number of amidine groups is 1. The molecule has 1 aromatic heterocycles. The zero-order chi connectivity index (χ0) is 24.2. The number of halogens is 3. The maximum atomic E-state index is 14.0. The third-order valence-corrected chi connectivity index (χ3v) is 5.24. The number of hydrogen-bond acceptors (Lipinski definition) is 6. The number of methoxy groups -OCH3 is 1. The molecule has 0 fully saturated rings. The van der Waals surface area contributed by atoms with Crippen LogP contribution < -0.4 is 15.4 Å². The molecule has 0 aliphatic carbocycles. The van der Waals surface area contributed by atoms with Crippen LogP contribution in [0.4, 0.5) is 14.9 Å². The zero-order valence-corrected chi connectivity index (χ0v) is 19.0. The lowest BCUT2D eigenvalue weighted by Crippen LogP contribution is -2.35. The first-order valence-electron chi connectivity index (χ1n) is 9.74. The van der Waals surface area contributed by atoms with Gasteiger partial charge in [-0.25, -0.2) is 9.18 Å². The normalized spacial score (nSPS) is 10.6. The molecule has 0 spiro atoms. The highest BCUT2D eigenvalue weighted by Crippen LogP contribution is 2.33. The molecule has 0 saturated heterocycles. The van der Waals surface area contributed by atoms with Crippen LogP contribution in [0, 0.1) is 11.2 Å². The summed E-state index contributed by atoms with van der Waals surface area (Å²) in [4.78, 5) is 16.7. The van der Waals surface area contributed by atoms with Crippen LogP contribution in [0.15, 0.2) is 65.2 Å². The Morgan fingerprint density at radius 1 is 1.12 bits per heavy atom. The zero-order valence-electron chi connectivity index (χ0n) is 17.5. The lowest BCUT2D eigenvalue weighted by Gasteiger charge is -2.12. The minimum absolute atomic E-state index is 0.00819. The molecule has 0 aliphatic rings. The van der Waals surface area contributed by atoms with Gasteiger partial charge in [-0.1, -0.05) is 34.4 Å². The summed E-state index contributed by atoms with van der Waals surface area (Å²) in [6.45, 7) is 0. The third kappa shape index (κ3) is 5.00. The first-order valence-corrected chi connectivity index (χ1v) is 10.5. The van der Waals surface area contributed by atoms with Crippen molar-refractivity contribution in [2.75, 3.05) is 12.4 Å². The second-order valence-corrected chi connectivity index (χ2v) is 7.74. The summed E-state index contributed by atoms with van der Waals surface area (Å²) >= 11 is 11.8. The summed E-state index contributed by atoms with van der Waals surface area (Å²) < 4.78 is 24.8. The molecule has 8 nitrogen and oxygen atoms in total. The smallest absolute Gasteiger partial charge is 0.324 e. The minimum Gasteiger partial charge on any atom is -0.496 e. The highest BCUT2D eigenvalue weighted by molar-refractivity contribution is 6.34. The predicted octanol–water partition coefficient (Wildman–Crippen LogP) is 6.01. The number of benzene rings is 3. The maximum absolute atomic E-state index is 14.0. The molecule has 4 aromatic rings. The van der Waals surface area contributed by atoms with E-state index < -0.39 is 17.7 Å². The number of carbonyl (C=O) groups excluding carboxylic acids is 1. The fourth-order valence-corrected chi connectivity index (χ4v) is 3.45. The van der Waals surface area contributed by atoms with E-state index in [0.29, 0.717) is 27.8 Å². The average Bonchev–Trinajstić information content (AvgIpc) is 3.29. The number of urea groups is 1. The number of nitrogens with one attached hydrogen (secondary N) is 3. The van der Waals surface area contributed by atoms with Crippen molar-refractivity contribution in [3.63, 3.8) is 0 Å². The molecule has 0 aliphatic heterocycles. The largest absolute Gasteiger partial charge is 0.496 e. The van der Waals surface area contributed by atoms with Gasteiger partial charge in [0, 0.05) is 22.3 Å². The van der Waals surface area contributed by atoms with Gasteiger partial charge in [0.15, 0.2) is 0 Å². The van der Waals surface area contributed by atoms with Crippen LogP contribution >= 0.6 is 23.2 Å². The van der Waals surface area contributed by atoms with Crippen LogP contribution in [0.25, 0.3) is 22.8 Å². The maximum Gasteiger partial charge on any atom is 0.324 e. The number of rotatable bonds is 5. The Hall–Kier alpha value is -3.95. The van der Waals surface area contributed by atoms with E-state index >= 15 is 0 Å². The van der Waals surface area contributed by atoms with Gasteiger partial charge in [-0.15, -0.1) is 0 Å². The first-order chi connectivity index (χ1) is 16.4. The second-order valence-electron chi connectivity index (χ2n) is 6.90. The van der Waals surface area contributed by atoms with Crippen LogP contribution in [0.1, 0.15) is 5.56 Å². The first kappa shape index (κ1) is 23.2. The van der Waals surface area contributed by atoms with E-state index in [1.807, 2.05) is 0 Å². The van der Waals surface area contributed by atoms with Crippen LogP contribution in [-0.4, -0.2) is 29.1 Å². The lowest BCUT2D eigenvalue weighted by molar-refractivity contribution is 0.256. The molecule has 4 rings (SSSR count). The molecule has 172 valence electrons. The van der Waals surface area contributed by atoms with E-state index in [1.165, 1.54) is 19.2 Å². The standard InChI is InChI=1S/C23H16Cl2FN5O3/c1-33-18-11-14(28-23(32)29-20(27)19-16(25)3-2-4-17(19)26)9-10-15(18)22-30-21(31-34-22)12-5-7-13(24)8-6-12/h2-11H,1H3,(H3,27,28,29,32). The molecule has 0 bridgehead atoms. The van der Waals surface area contributed by atoms with E-state index in [0.717, 1.165) is 11.6 Å². The number of ether oxygens (including phenoxy) is 1. The molecule has 34 heavy (non-hydrogen) atoms. The minimum atomic E-state index is -0.762. The van der Waals surface area contributed by atoms with Gasteiger partial charge in [-0.3, -0.25) is 10.7 Å². The van der Waals surface area contributed by atoms with Crippen molar-refractivity contribution < 1.29 is 18.4 Å². The number of aromatic nitrogens is 2. The summed E-state index contributed by atoms with van der Waals surface area (Å²) in [5.41, 5.74) is 1.38. The number of nitrogens with zero attached hydrogens (tertiary/aromatic N) is 2. The number of hydrogen-bond donors (Lipinski definition) is 3. The second kappa shape index (κ2) is 9.90. The summed E-state index contributed by atoms with van der Waals surface area (Å²) in [6, 6.07) is 15.0. The van der Waals surface area contributed by atoms with Gasteiger partial charge in [0.05, 0.1) is 23.3 Å². The summed E-state index contributed by atoms with van der Waals surface area (Å²) in [7, 11) is 1.45. The molecule has 2 amide bonds. The van der Waals surface area contributed by atoms with E-state index in [2.05, 4.69) is 20.8 Å². The highest BCUT2D eigenvalue weighted by atomic mass is 35.5. The van der Waals surface area contributed by atoms with Crippen molar-refractivity contribution in [3.8, 4) is 28.6 Å². The van der Waals surface area contributed by atoms with Gasteiger partial charge in [-0.05, 0) is 48.5 Å². The molecule has 1 heterocycles. The van der Waals surface area contributed by atoms with Crippen LogP contribution in [-0.2, 0) is 0 Å². The Kier molecular flexibility index (Phi) is 6.76. The Bertz CT molecular complexity index is 1360. The van der Waals surface area contributed by atoms with Crippen LogP contribution in [0.2, 0.25) is 10.0 Å². The Morgan fingerprint density at radius 3 is 2.59 bits per heavy atom. The monoisotopic (exact) mass is 499 g/mol. The molecular formula is C23H16Cl2FN5O3. The molecule has 0 unspecified atom stereocenters. The molecule has 0 saturated carbocycles. The van der Waals surface area contributed by atoms with Gasteiger partial charge in [0.25, 0.3) is 5.89 Å². The Labute approximate surface area is 203 Å². The number of carbonyl (C=O) groups is 1. The van der Waals surface area contributed by atoms with Gasteiger partial charge < -0.3 is 14.6 Å². The molecule has 3 aromatic carbocycles. The van der Waals surface area contributed by atoms with Crippen molar-refractivity contribution in [2.45, 2.75) is 0 Å². The third-order valence-electron chi connectivity index (χ3n) is 4.67. The van der Waals surface area contributed by atoms with Crippen molar-refractivity contribution in [2.24, 2.45) is 0 Å². The van der Waals surface area contributed by atoms with Gasteiger partial charge >= 0.3 is 6.03 Å². The average molecular weight is 500 g/mol. The SMILES string of the molecule is COc1cc(NC(=O)NC(=N)c2c(F)cccc2Cl)ccc1-c1nc(-c2ccc(Cl)cc2)no1. The van der Waals surface area contributed by atoms with E-state index in [4.69, 9.17) is 37.9 Å². The van der Waals surface area contributed by atoms with Crippen LogP contribution in [0.5, 0.6) is 5.75 Å². The molecule has 0 radical (unpaired) electrons. The van der Waals surface area contributed by atoms with Gasteiger partial charge in [-0.2, -0.15) is 4.98 Å². The molecule has 3 N–H and O–H groups in total. The van der Waals surface area contributed by atoms with Gasteiger partial charge in [0.1, 0.15) is 17.4 Å². The van der Waals surface area contributed by atoms with E-state index in [-0.39, 0.29) is 16.5 Å². The fraction of sp³-hybridized carbons (Fsp3) is 0.0435. The van der Waals surface area contributed by atoms with Gasteiger partial charge in [0.2, 0.25) is 5.82 Å². The summed E-state index contributed by atoms with van der Waals surface area (Å²) in [5.74, 6) is -0.253. The number of anilines is 1. The van der Waals surface area contributed by atoms with E-state index in [1.54, 1.807) is 42.5 Å². The topological polar surface area (TPSA) is 113 Å². The fourth-order valence-electron chi connectivity index (χ4n) is 3.07. The van der Waals surface area contributed by atoms with Crippen molar-refractivity contribution >= 4 is 40.8 Å². The Balaban J connectivity index is 1.50. The molecular weight excluding hydrogens is 484 g/mol. The number of amides is 2. The molecule has 11 heteroatoms. The predicted molar refractivity (Wildman–Crippen MR) is 127 cm³/mol. The highest BCUT2D eigenvalue weighted by Gasteiger charge is 2.18. The van der Waals surface area contributed by atoms with E-state index in [9.17, 15) is 9.18 Å². The summed E-state index contributed by atoms with van der Waals surface area (Å²) in [6.07, 6.45) is 0. The quantitative estimate of drug-likeness (QED) is 0.230. The molecule has 0 atom stereocenters. The lowest BCUT2D eigenvalue weighted by atomic mass is 10.1. The van der Waals surface area contributed by atoms with Crippen LogP contribution in [0.3, 0.4) is 0 Å². The van der Waals surface area contributed by atoms with Crippen molar-refractivity contribution in [1.82, 2.24) is 15.5 Å². The van der Waals surface area contributed by atoms with Crippen molar-refractivity contribution in [1.29, 1.82) is 5.41 Å². The van der Waals surface area contributed by atoms with Crippen molar-refractivity contribution in [3.05, 3.63) is 82.1 Å². The Morgan fingerprint density at radius 2 is 1.88 bits per heavy atom.